The summed E-state index contributed by atoms with van der Waals surface area (Å²) in [4.78, 5) is 26.5. The molecule has 5 nitrogen and oxygen atoms in total. The number of alkyl halides is 3. The van der Waals surface area contributed by atoms with E-state index < -0.39 is 29.7 Å². The van der Waals surface area contributed by atoms with Gasteiger partial charge in [0, 0.05) is 24.5 Å². The van der Waals surface area contributed by atoms with Crippen molar-refractivity contribution in [3.63, 3.8) is 0 Å². The predicted molar refractivity (Wildman–Crippen MR) is 105 cm³/mol. The van der Waals surface area contributed by atoms with Crippen LogP contribution < -0.4 is 10.2 Å². The topological polar surface area (TPSA) is 58.6 Å². The molecule has 0 spiro atoms. The first-order valence-electron chi connectivity index (χ1n) is 9.19. The van der Waals surface area contributed by atoms with Crippen LogP contribution in [0, 0.1) is 0 Å². The van der Waals surface area contributed by atoms with Crippen LogP contribution in [-0.2, 0) is 15.7 Å². The molecular formula is C21H23F3N2O3. The van der Waals surface area contributed by atoms with Gasteiger partial charge in [0.25, 0.3) is 5.91 Å². The van der Waals surface area contributed by atoms with Crippen molar-refractivity contribution in [3.8, 4) is 0 Å². The summed E-state index contributed by atoms with van der Waals surface area (Å²) in [7, 11) is 0. The Morgan fingerprint density at radius 3 is 2.24 bits per heavy atom. The minimum Gasteiger partial charge on any atom is -0.449 e. The normalized spacial score (nSPS) is 12.2. The first kappa shape index (κ1) is 22.3. The molecule has 156 valence electrons. The number of nitrogens with zero attached hydrogens (tertiary/aromatic N) is 1. The highest BCUT2D eigenvalue weighted by Gasteiger charge is 2.30. The molecule has 0 radical (unpaired) electrons. The van der Waals surface area contributed by atoms with E-state index in [0.29, 0.717) is 0 Å². The number of carbonyl (C=O) groups is 2. The van der Waals surface area contributed by atoms with Crippen molar-refractivity contribution in [2.75, 3.05) is 23.3 Å². The van der Waals surface area contributed by atoms with Crippen molar-refractivity contribution in [2.24, 2.45) is 0 Å². The second-order valence-electron chi connectivity index (χ2n) is 6.33. The number of halogens is 3. The first-order valence-corrected chi connectivity index (χ1v) is 9.19. The van der Waals surface area contributed by atoms with E-state index in [0.717, 1.165) is 30.9 Å². The van der Waals surface area contributed by atoms with Crippen LogP contribution in [0.4, 0.5) is 24.5 Å². The third-order valence-corrected chi connectivity index (χ3v) is 4.34. The largest absolute Gasteiger partial charge is 0.449 e. The second-order valence-corrected chi connectivity index (χ2v) is 6.33. The van der Waals surface area contributed by atoms with Gasteiger partial charge in [0.1, 0.15) is 0 Å². The fourth-order valence-electron chi connectivity index (χ4n) is 2.70. The SMILES string of the molecule is CCN(CC)c1ccc(C(=O)OC(C)C(=O)Nc2cccc(C(F)(F)F)c2)cc1. The first-order chi connectivity index (χ1) is 13.7. The van der Waals surface area contributed by atoms with Crippen LogP contribution in [0.2, 0.25) is 0 Å². The monoisotopic (exact) mass is 408 g/mol. The molecule has 2 aromatic carbocycles. The molecule has 1 N–H and O–H groups in total. The van der Waals surface area contributed by atoms with Gasteiger partial charge in [-0.15, -0.1) is 0 Å². The van der Waals surface area contributed by atoms with Crippen LogP contribution in [0.5, 0.6) is 0 Å². The summed E-state index contributed by atoms with van der Waals surface area (Å²) in [6.07, 6.45) is -5.70. The number of hydrogen-bond donors (Lipinski definition) is 1. The van der Waals surface area contributed by atoms with Gasteiger partial charge in [0.05, 0.1) is 11.1 Å². The Morgan fingerprint density at radius 2 is 1.69 bits per heavy atom. The Morgan fingerprint density at radius 1 is 1.07 bits per heavy atom. The van der Waals surface area contributed by atoms with Crippen molar-refractivity contribution in [1.82, 2.24) is 0 Å². The average Bonchev–Trinajstić information content (AvgIpc) is 2.69. The van der Waals surface area contributed by atoms with Crippen molar-refractivity contribution >= 4 is 23.3 Å². The molecule has 1 atom stereocenters. The van der Waals surface area contributed by atoms with E-state index in [4.69, 9.17) is 4.74 Å². The van der Waals surface area contributed by atoms with Crippen LogP contribution >= 0.6 is 0 Å². The third kappa shape index (κ3) is 5.97. The maximum Gasteiger partial charge on any atom is 0.416 e. The lowest BCUT2D eigenvalue weighted by Gasteiger charge is -2.21. The van der Waals surface area contributed by atoms with Gasteiger partial charge in [-0.3, -0.25) is 4.79 Å². The molecule has 1 amide bonds. The molecular weight excluding hydrogens is 385 g/mol. The summed E-state index contributed by atoms with van der Waals surface area (Å²) in [6, 6.07) is 11.0. The van der Waals surface area contributed by atoms with E-state index in [2.05, 4.69) is 10.2 Å². The fourth-order valence-corrected chi connectivity index (χ4v) is 2.70. The lowest BCUT2D eigenvalue weighted by molar-refractivity contribution is -0.137. The maximum absolute atomic E-state index is 12.8. The molecule has 0 bridgehead atoms. The number of hydrogen-bond acceptors (Lipinski definition) is 4. The summed E-state index contributed by atoms with van der Waals surface area (Å²) in [5.74, 6) is -1.42. The smallest absolute Gasteiger partial charge is 0.416 e. The van der Waals surface area contributed by atoms with Crippen LogP contribution in [0.25, 0.3) is 0 Å². The highest BCUT2D eigenvalue weighted by atomic mass is 19.4. The molecule has 0 fully saturated rings. The number of benzene rings is 2. The number of nitrogens with one attached hydrogen (secondary N) is 1. The number of esters is 1. The maximum atomic E-state index is 12.8. The Kier molecular flexibility index (Phi) is 7.25. The molecule has 2 aromatic rings. The van der Waals surface area contributed by atoms with Gasteiger partial charge >= 0.3 is 12.1 Å². The summed E-state index contributed by atoms with van der Waals surface area (Å²) in [5.41, 5.74) is 0.325. The second kappa shape index (κ2) is 9.45. The molecule has 2 rings (SSSR count). The lowest BCUT2D eigenvalue weighted by atomic mass is 10.2. The molecule has 29 heavy (non-hydrogen) atoms. The predicted octanol–water partition coefficient (Wildman–Crippen LogP) is 4.74. The molecule has 0 aliphatic rings. The van der Waals surface area contributed by atoms with Crippen LogP contribution in [-0.4, -0.2) is 31.1 Å². The Bertz CT molecular complexity index is 847. The van der Waals surface area contributed by atoms with Crippen molar-refractivity contribution in [2.45, 2.75) is 33.1 Å². The van der Waals surface area contributed by atoms with Gasteiger partial charge in [-0.25, -0.2) is 4.79 Å². The fraction of sp³-hybridized carbons (Fsp3) is 0.333. The van der Waals surface area contributed by atoms with Gasteiger partial charge in [-0.2, -0.15) is 13.2 Å². The zero-order valence-corrected chi connectivity index (χ0v) is 16.4. The molecule has 0 heterocycles. The minimum atomic E-state index is -4.52. The highest BCUT2D eigenvalue weighted by Crippen LogP contribution is 2.30. The van der Waals surface area contributed by atoms with Gasteiger partial charge in [0.2, 0.25) is 0 Å². The van der Waals surface area contributed by atoms with E-state index in [9.17, 15) is 22.8 Å². The molecule has 0 aromatic heterocycles. The lowest BCUT2D eigenvalue weighted by Crippen LogP contribution is -2.30. The zero-order valence-electron chi connectivity index (χ0n) is 16.4. The Hall–Kier alpha value is -3.03. The standard InChI is InChI=1S/C21H23F3N2O3/c1-4-26(5-2)18-11-9-15(10-12-18)20(28)29-14(3)19(27)25-17-8-6-7-16(13-17)21(22,23)24/h6-14H,4-5H2,1-3H3,(H,25,27). The number of rotatable bonds is 7. The van der Waals surface area contributed by atoms with Gasteiger partial charge in [0.15, 0.2) is 6.10 Å². The van der Waals surface area contributed by atoms with Crippen LogP contribution in [0.3, 0.4) is 0 Å². The third-order valence-electron chi connectivity index (χ3n) is 4.34. The minimum absolute atomic E-state index is 0.0312. The summed E-state index contributed by atoms with van der Waals surface area (Å²) in [5, 5.41) is 2.33. The van der Waals surface area contributed by atoms with Crippen LogP contribution in [0.1, 0.15) is 36.7 Å². The number of ether oxygens (including phenoxy) is 1. The average molecular weight is 408 g/mol. The van der Waals surface area contributed by atoms with E-state index in [-0.39, 0.29) is 11.3 Å². The number of anilines is 2. The van der Waals surface area contributed by atoms with E-state index in [1.165, 1.54) is 19.1 Å². The summed E-state index contributed by atoms with van der Waals surface area (Å²) in [6.45, 7) is 7.05. The highest BCUT2D eigenvalue weighted by molar-refractivity contribution is 5.97. The summed E-state index contributed by atoms with van der Waals surface area (Å²) >= 11 is 0. The quantitative estimate of drug-likeness (QED) is 0.673. The molecule has 8 heteroatoms. The van der Waals surface area contributed by atoms with E-state index in [1.807, 2.05) is 13.8 Å². The molecule has 0 saturated carbocycles. The van der Waals surface area contributed by atoms with Gasteiger partial charge in [-0.1, -0.05) is 6.07 Å². The molecule has 0 aliphatic heterocycles. The van der Waals surface area contributed by atoms with Crippen molar-refractivity contribution < 1.29 is 27.5 Å². The summed E-state index contributed by atoms with van der Waals surface area (Å²) < 4.78 is 43.4. The van der Waals surface area contributed by atoms with Crippen molar-refractivity contribution in [1.29, 1.82) is 0 Å². The molecule has 1 unspecified atom stereocenters. The van der Waals surface area contributed by atoms with Crippen molar-refractivity contribution in [3.05, 3.63) is 59.7 Å². The van der Waals surface area contributed by atoms with Crippen LogP contribution in [0.15, 0.2) is 48.5 Å². The van der Waals surface area contributed by atoms with E-state index in [1.54, 1.807) is 24.3 Å². The van der Waals surface area contributed by atoms with Gasteiger partial charge in [-0.05, 0) is 63.2 Å². The molecule has 0 aliphatic carbocycles. The number of carbonyl (C=O) groups excluding carboxylic acids is 2. The van der Waals surface area contributed by atoms with E-state index >= 15 is 0 Å². The Balaban J connectivity index is 1.99. The Labute approximate surface area is 167 Å². The zero-order chi connectivity index (χ0) is 21.6. The molecule has 0 saturated heterocycles. The van der Waals surface area contributed by atoms with Gasteiger partial charge < -0.3 is 15.0 Å². The number of amides is 1.